The van der Waals surface area contributed by atoms with Crippen LogP contribution in [0.3, 0.4) is 0 Å². The van der Waals surface area contributed by atoms with Crippen molar-refractivity contribution in [2.45, 2.75) is 25.9 Å². The summed E-state index contributed by atoms with van der Waals surface area (Å²) in [5.74, 6) is -1.01. The molecule has 0 saturated heterocycles. The molecule has 2 N–H and O–H groups in total. The monoisotopic (exact) mass is 523 g/mol. The van der Waals surface area contributed by atoms with E-state index in [-0.39, 0.29) is 18.1 Å². The number of allylic oxidation sites excluding steroid dienone is 1. The second-order valence-corrected chi connectivity index (χ2v) is 9.87. The predicted octanol–water partition coefficient (Wildman–Crippen LogP) is 4.57. The normalized spacial score (nSPS) is 12.3. The Morgan fingerprint density at radius 2 is 1.57 bits per heavy atom. The van der Waals surface area contributed by atoms with Crippen LogP contribution in [0.2, 0.25) is 0 Å². The molecule has 3 aromatic carbocycles. The van der Waals surface area contributed by atoms with E-state index in [9.17, 15) is 23.1 Å². The van der Waals surface area contributed by atoms with Gasteiger partial charge in [0.05, 0.1) is 6.26 Å². The average Bonchev–Trinajstić information content (AvgIpc) is 2.85. The van der Waals surface area contributed by atoms with Gasteiger partial charge >= 0.3 is 16.1 Å². The molecule has 0 bridgehead atoms. The van der Waals surface area contributed by atoms with Crippen molar-refractivity contribution in [3.05, 3.63) is 101 Å². The molecule has 194 valence electrons. The number of anilines is 1. The van der Waals surface area contributed by atoms with Gasteiger partial charge in [-0.25, -0.2) is 4.79 Å². The van der Waals surface area contributed by atoms with E-state index in [0.29, 0.717) is 24.3 Å². The SMILES string of the molecule is CCO[C@@H](Cc1ccc(C(=O)Nc2ccc(C/C=C/c3ccc(OS(C)(=O)=O)cc3)cc2)cc1)C(=O)O. The van der Waals surface area contributed by atoms with Gasteiger partial charge in [0, 0.05) is 24.3 Å². The zero-order chi connectivity index (χ0) is 26.8. The highest BCUT2D eigenvalue weighted by molar-refractivity contribution is 7.86. The summed E-state index contributed by atoms with van der Waals surface area (Å²) >= 11 is 0. The van der Waals surface area contributed by atoms with Gasteiger partial charge in [-0.15, -0.1) is 0 Å². The molecule has 0 heterocycles. The second kappa shape index (κ2) is 12.8. The van der Waals surface area contributed by atoms with Gasteiger partial charge in [0.2, 0.25) is 0 Å². The Bertz CT molecular complexity index is 1330. The van der Waals surface area contributed by atoms with Crippen LogP contribution in [0.25, 0.3) is 6.08 Å². The molecular formula is C28H29NO7S. The van der Waals surface area contributed by atoms with Gasteiger partial charge < -0.3 is 19.3 Å². The maximum absolute atomic E-state index is 12.6. The molecule has 1 amide bonds. The van der Waals surface area contributed by atoms with Crippen molar-refractivity contribution >= 4 is 33.8 Å². The highest BCUT2D eigenvalue weighted by atomic mass is 32.2. The fourth-order valence-electron chi connectivity index (χ4n) is 3.49. The minimum absolute atomic E-state index is 0.226. The van der Waals surface area contributed by atoms with Crippen LogP contribution in [0.1, 0.15) is 34.0 Å². The highest BCUT2D eigenvalue weighted by Crippen LogP contribution is 2.17. The number of benzene rings is 3. The number of aliphatic carboxylic acids is 1. The van der Waals surface area contributed by atoms with Crippen LogP contribution in [-0.2, 0) is 32.5 Å². The number of amides is 1. The number of hydrogen-bond donors (Lipinski definition) is 2. The molecule has 0 aliphatic rings. The van der Waals surface area contributed by atoms with E-state index in [1.807, 2.05) is 36.4 Å². The van der Waals surface area contributed by atoms with E-state index in [2.05, 4.69) is 5.32 Å². The molecule has 0 spiro atoms. The van der Waals surface area contributed by atoms with Crippen molar-refractivity contribution in [3.8, 4) is 5.75 Å². The molecule has 0 aliphatic heterocycles. The van der Waals surface area contributed by atoms with E-state index in [1.54, 1.807) is 55.5 Å². The van der Waals surface area contributed by atoms with Crippen LogP contribution in [0, 0.1) is 0 Å². The van der Waals surface area contributed by atoms with E-state index in [1.165, 1.54) is 0 Å². The summed E-state index contributed by atoms with van der Waals surface area (Å²) in [4.78, 5) is 23.8. The van der Waals surface area contributed by atoms with Crippen molar-refractivity contribution in [1.82, 2.24) is 0 Å². The summed E-state index contributed by atoms with van der Waals surface area (Å²) in [5, 5.41) is 12.1. The molecule has 9 heteroatoms. The number of carbonyl (C=O) groups excluding carboxylic acids is 1. The minimum atomic E-state index is -3.55. The molecule has 0 radical (unpaired) electrons. The summed E-state index contributed by atoms with van der Waals surface area (Å²) in [5.41, 5.74) is 3.86. The number of carbonyl (C=O) groups is 2. The van der Waals surface area contributed by atoms with Crippen LogP contribution in [0.4, 0.5) is 5.69 Å². The third kappa shape index (κ3) is 9.21. The molecule has 3 aromatic rings. The largest absolute Gasteiger partial charge is 0.479 e. The van der Waals surface area contributed by atoms with Crippen molar-refractivity contribution < 1.29 is 32.0 Å². The third-order valence-electron chi connectivity index (χ3n) is 5.28. The summed E-state index contributed by atoms with van der Waals surface area (Å²) in [6, 6.07) is 21.0. The topological polar surface area (TPSA) is 119 Å². The maximum atomic E-state index is 12.6. The zero-order valence-corrected chi connectivity index (χ0v) is 21.4. The lowest BCUT2D eigenvalue weighted by Gasteiger charge is -2.12. The zero-order valence-electron chi connectivity index (χ0n) is 20.6. The maximum Gasteiger partial charge on any atom is 0.333 e. The van der Waals surface area contributed by atoms with Gasteiger partial charge in [0.15, 0.2) is 6.10 Å². The Balaban J connectivity index is 1.51. The van der Waals surface area contributed by atoms with E-state index in [0.717, 1.165) is 22.9 Å². The molecule has 0 aliphatic carbocycles. The number of ether oxygens (including phenoxy) is 1. The lowest BCUT2D eigenvalue weighted by molar-refractivity contribution is -0.149. The Hall–Kier alpha value is -3.95. The molecule has 8 nitrogen and oxygen atoms in total. The van der Waals surface area contributed by atoms with Crippen LogP contribution >= 0.6 is 0 Å². The van der Waals surface area contributed by atoms with Crippen molar-refractivity contribution in [2.75, 3.05) is 18.2 Å². The standard InChI is InChI=1S/C28H29NO7S/c1-3-35-26(28(31)32)19-22-7-13-23(14-8-22)27(30)29-24-15-9-20(10-16-24)5-4-6-21-11-17-25(18-12-21)36-37(2,33)34/h4,6-18,26H,3,5,19H2,1-2H3,(H,29,30)(H,31,32)/b6-4+/t26-/m0/s1. The summed E-state index contributed by atoms with van der Waals surface area (Å²) in [6.45, 7) is 2.06. The molecule has 0 unspecified atom stereocenters. The quantitative estimate of drug-likeness (QED) is 0.334. The summed E-state index contributed by atoms with van der Waals surface area (Å²) < 4.78 is 32.4. The van der Waals surface area contributed by atoms with Gasteiger partial charge in [-0.2, -0.15) is 8.42 Å². The lowest BCUT2D eigenvalue weighted by atomic mass is 10.1. The van der Waals surface area contributed by atoms with Gasteiger partial charge in [-0.3, -0.25) is 4.79 Å². The van der Waals surface area contributed by atoms with Gasteiger partial charge in [-0.1, -0.05) is 48.6 Å². The fourth-order valence-corrected chi connectivity index (χ4v) is 3.95. The third-order valence-corrected chi connectivity index (χ3v) is 5.78. The van der Waals surface area contributed by atoms with Crippen LogP contribution < -0.4 is 9.50 Å². The Morgan fingerprint density at radius 1 is 0.946 bits per heavy atom. The molecule has 0 aromatic heterocycles. The fraction of sp³-hybridized carbons (Fsp3) is 0.214. The van der Waals surface area contributed by atoms with E-state index >= 15 is 0 Å². The molecule has 0 saturated carbocycles. The molecule has 0 fully saturated rings. The first-order valence-electron chi connectivity index (χ1n) is 11.6. The summed E-state index contributed by atoms with van der Waals surface area (Å²) in [7, 11) is -3.55. The molecule has 1 atom stereocenters. The van der Waals surface area contributed by atoms with E-state index in [4.69, 9.17) is 8.92 Å². The average molecular weight is 524 g/mol. The first-order chi connectivity index (χ1) is 17.6. The smallest absolute Gasteiger partial charge is 0.333 e. The van der Waals surface area contributed by atoms with Crippen molar-refractivity contribution in [2.24, 2.45) is 0 Å². The number of carboxylic acid groups (broad SMARTS) is 1. The van der Waals surface area contributed by atoms with Gasteiger partial charge in [0.25, 0.3) is 5.91 Å². The first kappa shape index (κ1) is 27.6. The Morgan fingerprint density at radius 3 is 2.14 bits per heavy atom. The van der Waals surface area contributed by atoms with Crippen LogP contribution in [0.5, 0.6) is 5.75 Å². The number of rotatable bonds is 12. The van der Waals surface area contributed by atoms with Gasteiger partial charge in [0.1, 0.15) is 5.75 Å². The molecular weight excluding hydrogens is 494 g/mol. The van der Waals surface area contributed by atoms with Crippen molar-refractivity contribution in [1.29, 1.82) is 0 Å². The minimum Gasteiger partial charge on any atom is -0.479 e. The Kier molecular flexibility index (Phi) is 9.59. The van der Waals surface area contributed by atoms with Gasteiger partial charge in [-0.05, 0) is 66.4 Å². The van der Waals surface area contributed by atoms with E-state index < -0.39 is 22.2 Å². The molecule has 3 rings (SSSR count). The predicted molar refractivity (Wildman–Crippen MR) is 142 cm³/mol. The highest BCUT2D eigenvalue weighted by Gasteiger charge is 2.18. The van der Waals surface area contributed by atoms with Crippen LogP contribution in [-0.4, -0.2) is 44.4 Å². The number of hydrogen-bond acceptors (Lipinski definition) is 6. The summed E-state index contributed by atoms with van der Waals surface area (Å²) in [6.07, 6.45) is 4.90. The Labute approximate surface area is 216 Å². The molecule has 37 heavy (non-hydrogen) atoms. The number of carboxylic acids is 1. The second-order valence-electron chi connectivity index (χ2n) is 8.30. The van der Waals surface area contributed by atoms with Crippen molar-refractivity contribution in [3.63, 3.8) is 0 Å². The lowest BCUT2D eigenvalue weighted by Crippen LogP contribution is -2.26. The van der Waals surface area contributed by atoms with Crippen LogP contribution in [0.15, 0.2) is 78.9 Å². The first-order valence-corrected chi connectivity index (χ1v) is 13.4. The number of nitrogens with one attached hydrogen (secondary N) is 1.